The van der Waals surface area contributed by atoms with E-state index in [-0.39, 0.29) is 26.1 Å². The van der Waals surface area contributed by atoms with E-state index in [9.17, 15) is 16.8 Å². The van der Waals surface area contributed by atoms with Gasteiger partial charge >= 0.3 is 10.1 Å². The molecular formula is C14H10ClNO5S2. The van der Waals surface area contributed by atoms with Gasteiger partial charge in [0.25, 0.3) is 0 Å². The number of rotatable bonds is 4. The molecule has 0 atom stereocenters. The first-order valence-corrected chi connectivity index (χ1v) is 9.75. The highest BCUT2D eigenvalue weighted by Gasteiger charge is 2.19. The second-order valence-corrected chi connectivity index (χ2v) is 8.51. The molecule has 2 aromatic rings. The second-order valence-electron chi connectivity index (χ2n) is 4.54. The van der Waals surface area contributed by atoms with Crippen LogP contribution in [0.25, 0.3) is 0 Å². The van der Waals surface area contributed by atoms with E-state index in [1.165, 1.54) is 30.3 Å². The van der Waals surface area contributed by atoms with Crippen LogP contribution in [0.15, 0.2) is 52.3 Å². The zero-order valence-corrected chi connectivity index (χ0v) is 14.1. The van der Waals surface area contributed by atoms with Crippen molar-refractivity contribution >= 4 is 31.6 Å². The summed E-state index contributed by atoms with van der Waals surface area (Å²) in [5.41, 5.74) is 0.261. The number of sulfone groups is 1. The van der Waals surface area contributed by atoms with Gasteiger partial charge in [0.2, 0.25) is 0 Å². The molecule has 120 valence electrons. The standard InChI is InChI=1S/C14H10ClNO5S2/c1-22(17,18)11-3-5-12(6-4-11)23(19,20)21-14-7-2-10(9-16)8-13(14)15/h2-8H,1H3. The molecular weight excluding hydrogens is 362 g/mol. The number of hydrogen-bond donors (Lipinski definition) is 0. The highest BCUT2D eigenvalue weighted by Crippen LogP contribution is 2.28. The van der Waals surface area contributed by atoms with Crippen LogP contribution < -0.4 is 4.18 Å². The fourth-order valence-corrected chi connectivity index (χ4v) is 3.50. The first-order chi connectivity index (χ1) is 10.6. The third-order valence-corrected chi connectivity index (χ3v) is 5.47. The van der Waals surface area contributed by atoms with Gasteiger partial charge < -0.3 is 4.18 Å². The van der Waals surface area contributed by atoms with Gasteiger partial charge in [-0.1, -0.05) is 11.6 Å². The fraction of sp³-hybridized carbons (Fsp3) is 0.0714. The number of halogens is 1. The van der Waals surface area contributed by atoms with Crippen LogP contribution in [0.4, 0.5) is 0 Å². The fourth-order valence-electron chi connectivity index (χ4n) is 1.66. The molecule has 23 heavy (non-hydrogen) atoms. The average Bonchev–Trinajstić information content (AvgIpc) is 2.48. The van der Waals surface area contributed by atoms with Gasteiger partial charge in [0.05, 0.1) is 21.6 Å². The third-order valence-electron chi connectivity index (χ3n) is 2.80. The number of benzene rings is 2. The Hall–Kier alpha value is -2.08. The lowest BCUT2D eigenvalue weighted by Gasteiger charge is -2.09. The Balaban J connectivity index is 2.34. The molecule has 0 aliphatic heterocycles. The summed E-state index contributed by atoms with van der Waals surface area (Å²) in [7, 11) is -7.61. The van der Waals surface area contributed by atoms with E-state index in [0.29, 0.717) is 0 Å². The van der Waals surface area contributed by atoms with E-state index < -0.39 is 20.0 Å². The monoisotopic (exact) mass is 371 g/mol. The van der Waals surface area contributed by atoms with Crippen molar-refractivity contribution in [2.24, 2.45) is 0 Å². The molecule has 0 fully saturated rings. The minimum atomic E-state index is -4.18. The van der Waals surface area contributed by atoms with Crippen LogP contribution in [-0.2, 0) is 20.0 Å². The van der Waals surface area contributed by atoms with Crippen molar-refractivity contribution in [2.45, 2.75) is 9.79 Å². The van der Waals surface area contributed by atoms with Crippen molar-refractivity contribution < 1.29 is 21.0 Å². The summed E-state index contributed by atoms with van der Waals surface area (Å²) in [4.78, 5) is -0.224. The molecule has 0 spiro atoms. The third kappa shape index (κ3) is 4.01. The average molecular weight is 372 g/mol. The molecule has 0 amide bonds. The van der Waals surface area contributed by atoms with Gasteiger partial charge in [0.1, 0.15) is 4.90 Å². The van der Waals surface area contributed by atoms with Crippen LogP contribution in [0.2, 0.25) is 5.02 Å². The van der Waals surface area contributed by atoms with Crippen LogP contribution >= 0.6 is 11.6 Å². The van der Waals surface area contributed by atoms with E-state index in [4.69, 9.17) is 21.0 Å². The van der Waals surface area contributed by atoms with Gasteiger partial charge in [-0.05, 0) is 42.5 Å². The number of nitrogens with zero attached hydrogens (tertiary/aromatic N) is 1. The van der Waals surface area contributed by atoms with Crippen LogP contribution in [0, 0.1) is 11.3 Å². The molecule has 0 bridgehead atoms. The summed E-state index contributed by atoms with van der Waals surface area (Å²) in [5.74, 6) is -0.127. The Kier molecular flexibility index (Phi) is 4.66. The smallest absolute Gasteiger partial charge is 0.339 e. The van der Waals surface area contributed by atoms with Crippen molar-refractivity contribution in [1.29, 1.82) is 5.26 Å². The van der Waals surface area contributed by atoms with E-state index >= 15 is 0 Å². The summed E-state index contributed by atoms with van der Waals surface area (Å²) < 4.78 is 52.0. The largest absolute Gasteiger partial charge is 0.377 e. The summed E-state index contributed by atoms with van der Waals surface area (Å²) in [6.45, 7) is 0. The first kappa shape index (κ1) is 17.3. The van der Waals surface area contributed by atoms with Gasteiger partial charge in [0, 0.05) is 6.26 Å². The van der Waals surface area contributed by atoms with Gasteiger partial charge in [0.15, 0.2) is 15.6 Å². The lowest BCUT2D eigenvalue weighted by Crippen LogP contribution is -2.10. The van der Waals surface area contributed by atoms with Gasteiger partial charge in [-0.2, -0.15) is 13.7 Å². The summed E-state index contributed by atoms with van der Waals surface area (Å²) in [5, 5.41) is 8.71. The molecule has 0 aliphatic carbocycles. The molecule has 0 unspecified atom stereocenters. The highest BCUT2D eigenvalue weighted by atomic mass is 35.5. The predicted molar refractivity (Wildman–Crippen MR) is 83.5 cm³/mol. The maximum absolute atomic E-state index is 12.2. The minimum Gasteiger partial charge on any atom is -0.377 e. The van der Waals surface area contributed by atoms with Gasteiger partial charge in [-0.25, -0.2) is 8.42 Å². The lowest BCUT2D eigenvalue weighted by atomic mass is 10.2. The second kappa shape index (κ2) is 6.20. The molecule has 0 N–H and O–H groups in total. The molecule has 0 aromatic heterocycles. The highest BCUT2D eigenvalue weighted by molar-refractivity contribution is 7.90. The number of hydrogen-bond acceptors (Lipinski definition) is 6. The Bertz CT molecular complexity index is 990. The zero-order valence-electron chi connectivity index (χ0n) is 11.7. The van der Waals surface area contributed by atoms with E-state index in [1.807, 2.05) is 6.07 Å². The molecule has 0 aliphatic rings. The summed E-state index contributed by atoms with van der Waals surface area (Å²) in [6, 6.07) is 10.4. The van der Waals surface area contributed by atoms with Crippen LogP contribution in [-0.4, -0.2) is 23.1 Å². The Morgan fingerprint density at radius 3 is 2.04 bits per heavy atom. The molecule has 0 heterocycles. The quantitative estimate of drug-likeness (QED) is 0.764. The molecule has 6 nitrogen and oxygen atoms in total. The maximum Gasteiger partial charge on any atom is 0.339 e. The number of nitriles is 1. The molecule has 9 heteroatoms. The van der Waals surface area contributed by atoms with Crippen molar-refractivity contribution in [3.05, 3.63) is 53.1 Å². The maximum atomic E-state index is 12.2. The minimum absolute atomic E-state index is 0.00662. The first-order valence-electron chi connectivity index (χ1n) is 6.08. The summed E-state index contributed by atoms with van der Waals surface area (Å²) >= 11 is 5.87. The predicted octanol–water partition coefficient (Wildman–Crippen LogP) is 2.38. The molecule has 0 saturated heterocycles. The normalized spacial score (nSPS) is 11.7. The van der Waals surface area contributed by atoms with Crippen molar-refractivity contribution in [1.82, 2.24) is 0 Å². The van der Waals surface area contributed by atoms with E-state index in [1.54, 1.807) is 0 Å². The molecule has 0 radical (unpaired) electrons. The van der Waals surface area contributed by atoms with E-state index in [2.05, 4.69) is 0 Å². The molecule has 0 saturated carbocycles. The Labute approximate surface area is 138 Å². The summed E-state index contributed by atoms with van der Waals surface area (Å²) in [6.07, 6.45) is 1.02. The Morgan fingerprint density at radius 2 is 1.57 bits per heavy atom. The van der Waals surface area contributed by atoms with Crippen LogP contribution in [0.5, 0.6) is 5.75 Å². The van der Waals surface area contributed by atoms with Gasteiger partial charge in [-0.3, -0.25) is 0 Å². The van der Waals surface area contributed by atoms with Crippen LogP contribution in [0.3, 0.4) is 0 Å². The zero-order chi connectivity index (χ0) is 17.3. The Morgan fingerprint density at radius 1 is 1.00 bits per heavy atom. The molecule has 2 rings (SSSR count). The van der Waals surface area contributed by atoms with Crippen molar-refractivity contribution in [3.63, 3.8) is 0 Å². The van der Waals surface area contributed by atoms with Crippen molar-refractivity contribution in [2.75, 3.05) is 6.26 Å². The van der Waals surface area contributed by atoms with Crippen molar-refractivity contribution in [3.8, 4) is 11.8 Å². The van der Waals surface area contributed by atoms with Crippen LogP contribution in [0.1, 0.15) is 5.56 Å². The topological polar surface area (TPSA) is 101 Å². The van der Waals surface area contributed by atoms with E-state index in [0.717, 1.165) is 18.4 Å². The lowest BCUT2D eigenvalue weighted by molar-refractivity contribution is 0.486. The molecule has 2 aromatic carbocycles. The SMILES string of the molecule is CS(=O)(=O)c1ccc(S(=O)(=O)Oc2ccc(C#N)cc2Cl)cc1. The van der Waals surface area contributed by atoms with Gasteiger partial charge in [-0.15, -0.1) is 0 Å².